The van der Waals surface area contributed by atoms with Gasteiger partial charge in [-0.15, -0.1) is 0 Å². The molecule has 6 heteroatoms. The van der Waals surface area contributed by atoms with Gasteiger partial charge in [0.2, 0.25) is 5.91 Å². The molecule has 1 amide bonds. The van der Waals surface area contributed by atoms with Crippen molar-refractivity contribution >= 4 is 21.6 Å². The van der Waals surface area contributed by atoms with E-state index in [0.717, 1.165) is 30.4 Å². The molecule has 0 unspecified atom stereocenters. The lowest BCUT2D eigenvalue weighted by Gasteiger charge is -2.16. The number of aryl methyl sites for hydroxylation is 2. The number of carbonyl (C=O) groups is 1. The molecule has 0 spiro atoms. The van der Waals surface area contributed by atoms with Gasteiger partial charge in [0.1, 0.15) is 0 Å². The van der Waals surface area contributed by atoms with Gasteiger partial charge in [-0.2, -0.15) is 0 Å². The van der Waals surface area contributed by atoms with Crippen LogP contribution in [0.3, 0.4) is 0 Å². The lowest BCUT2D eigenvalue weighted by Crippen LogP contribution is -2.35. The van der Waals surface area contributed by atoms with Gasteiger partial charge in [0, 0.05) is 12.2 Å². The van der Waals surface area contributed by atoms with Crippen LogP contribution >= 0.6 is 0 Å². The van der Waals surface area contributed by atoms with Crippen LogP contribution in [0.4, 0.5) is 5.69 Å². The van der Waals surface area contributed by atoms with Gasteiger partial charge in [-0.25, -0.2) is 8.42 Å². The standard InChI is InChI=1S/C21H26N2O3S/c1-4-13-22-20(24)21(11-12-21)17-7-9-18(10-8-17)23-27(25,26)19-14-15(2)5-6-16(19)3/h5-10,14,23H,4,11-13H2,1-3H3,(H,22,24). The highest BCUT2D eigenvalue weighted by Gasteiger charge is 2.50. The SMILES string of the molecule is CCCNC(=O)C1(c2ccc(NS(=O)(=O)c3cc(C)ccc3C)cc2)CC1. The summed E-state index contributed by atoms with van der Waals surface area (Å²) in [5.41, 5.74) is 2.58. The van der Waals surface area contributed by atoms with Crippen molar-refractivity contribution in [3.05, 3.63) is 59.2 Å². The quantitative estimate of drug-likeness (QED) is 0.762. The fraction of sp³-hybridized carbons (Fsp3) is 0.381. The van der Waals surface area contributed by atoms with Gasteiger partial charge >= 0.3 is 0 Å². The molecule has 0 aromatic heterocycles. The van der Waals surface area contributed by atoms with Crippen molar-refractivity contribution < 1.29 is 13.2 Å². The van der Waals surface area contributed by atoms with Crippen LogP contribution in [0.25, 0.3) is 0 Å². The molecular weight excluding hydrogens is 360 g/mol. The zero-order valence-electron chi connectivity index (χ0n) is 16.0. The predicted octanol–water partition coefficient (Wildman–Crippen LogP) is 3.66. The van der Waals surface area contributed by atoms with E-state index in [0.29, 0.717) is 17.8 Å². The number of benzene rings is 2. The Bertz CT molecular complexity index is 946. The molecule has 5 nitrogen and oxygen atoms in total. The second-order valence-corrected chi connectivity index (χ2v) is 8.94. The van der Waals surface area contributed by atoms with Crippen molar-refractivity contribution in [1.82, 2.24) is 5.32 Å². The maximum atomic E-state index is 12.7. The van der Waals surface area contributed by atoms with Crippen LogP contribution in [0, 0.1) is 13.8 Å². The number of anilines is 1. The molecule has 2 N–H and O–H groups in total. The maximum absolute atomic E-state index is 12.7. The van der Waals surface area contributed by atoms with Gasteiger partial charge < -0.3 is 5.32 Å². The minimum atomic E-state index is -3.66. The first kappa shape index (κ1) is 19.4. The van der Waals surface area contributed by atoms with Crippen molar-refractivity contribution in [3.8, 4) is 0 Å². The second-order valence-electron chi connectivity index (χ2n) is 7.29. The van der Waals surface area contributed by atoms with Crippen molar-refractivity contribution in [1.29, 1.82) is 0 Å². The fourth-order valence-corrected chi connectivity index (χ4v) is 4.63. The Labute approximate surface area is 161 Å². The summed E-state index contributed by atoms with van der Waals surface area (Å²) < 4.78 is 28.1. The zero-order chi connectivity index (χ0) is 19.7. The molecule has 2 aromatic rings. The third-order valence-electron chi connectivity index (χ3n) is 5.04. The Morgan fingerprint density at radius 3 is 2.33 bits per heavy atom. The Hall–Kier alpha value is -2.34. The molecule has 3 rings (SSSR count). The van der Waals surface area contributed by atoms with E-state index in [1.54, 1.807) is 31.2 Å². The number of hydrogen-bond donors (Lipinski definition) is 2. The number of nitrogens with one attached hydrogen (secondary N) is 2. The normalized spacial score (nSPS) is 15.2. The summed E-state index contributed by atoms with van der Waals surface area (Å²) >= 11 is 0. The number of carbonyl (C=O) groups excluding carboxylic acids is 1. The molecule has 144 valence electrons. The first-order valence-electron chi connectivity index (χ1n) is 9.27. The molecule has 0 atom stereocenters. The second kappa shape index (κ2) is 7.35. The van der Waals surface area contributed by atoms with Crippen molar-refractivity contribution in [2.75, 3.05) is 11.3 Å². The molecule has 0 heterocycles. The first-order chi connectivity index (χ1) is 12.8. The molecule has 1 saturated carbocycles. The monoisotopic (exact) mass is 386 g/mol. The van der Waals surface area contributed by atoms with E-state index in [-0.39, 0.29) is 10.8 Å². The number of rotatable bonds is 7. The Kier molecular flexibility index (Phi) is 5.29. The summed E-state index contributed by atoms with van der Waals surface area (Å²) in [6, 6.07) is 12.5. The van der Waals surface area contributed by atoms with Crippen LogP contribution < -0.4 is 10.0 Å². The lowest BCUT2D eigenvalue weighted by atomic mass is 9.95. The third kappa shape index (κ3) is 4.00. The summed E-state index contributed by atoms with van der Waals surface area (Å²) in [7, 11) is -3.66. The highest BCUT2D eigenvalue weighted by molar-refractivity contribution is 7.92. The Morgan fingerprint density at radius 1 is 1.07 bits per heavy atom. The molecular formula is C21H26N2O3S. The van der Waals surface area contributed by atoms with Gasteiger partial charge in [0.15, 0.2) is 0 Å². The molecule has 1 fully saturated rings. The number of amides is 1. The molecule has 0 bridgehead atoms. The molecule has 0 aliphatic heterocycles. The third-order valence-corrected chi connectivity index (χ3v) is 6.57. The Balaban J connectivity index is 1.78. The van der Waals surface area contributed by atoms with E-state index in [1.165, 1.54) is 0 Å². The summed E-state index contributed by atoms with van der Waals surface area (Å²) in [4.78, 5) is 12.7. The minimum Gasteiger partial charge on any atom is -0.355 e. The number of hydrogen-bond acceptors (Lipinski definition) is 3. The first-order valence-corrected chi connectivity index (χ1v) is 10.8. The van der Waals surface area contributed by atoms with Crippen LogP contribution in [-0.4, -0.2) is 20.9 Å². The smallest absolute Gasteiger partial charge is 0.262 e. The van der Waals surface area contributed by atoms with Crippen molar-refractivity contribution in [3.63, 3.8) is 0 Å². The topological polar surface area (TPSA) is 75.3 Å². The van der Waals surface area contributed by atoms with Crippen molar-refractivity contribution in [2.24, 2.45) is 0 Å². The Morgan fingerprint density at radius 2 is 1.74 bits per heavy atom. The van der Waals surface area contributed by atoms with Crippen LogP contribution in [0.1, 0.15) is 42.9 Å². The average Bonchev–Trinajstić information content (AvgIpc) is 3.44. The molecule has 27 heavy (non-hydrogen) atoms. The summed E-state index contributed by atoms with van der Waals surface area (Å²) in [6.07, 6.45) is 2.56. The zero-order valence-corrected chi connectivity index (χ0v) is 16.8. The fourth-order valence-electron chi connectivity index (χ4n) is 3.24. The molecule has 2 aromatic carbocycles. The van der Waals surface area contributed by atoms with E-state index in [1.807, 2.05) is 32.0 Å². The lowest BCUT2D eigenvalue weighted by molar-refractivity contribution is -0.123. The number of sulfonamides is 1. The largest absolute Gasteiger partial charge is 0.355 e. The van der Waals surface area contributed by atoms with Gasteiger partial charge in [0.25, 0.3) is 10.0 Å². The average molecular weight is 387 g/mol. The summed E-state index contributed by atoms with van der Waals surface area (Å²) in [5, 5.41) is 2.97. The van der Waals surface area contributed by atoms with E-state index >= 15 is 0 Å². The van der Waals surface area contributed by atoms with Gasteiger partial charge in [-0.1, -0.05) is 31.2 Å². The van der Waals surface area contributed by atoms with E-state index in [2.05, 4.69) is 10.0 Å². The van der Waals surface area contributed by atoms with Gasteiger partial charge in [0.05, 0.1) is 10.3 Å². The van der Waals surface area contributed by atoms with E-state index in [9.17, 15) is 13.2 Å². The van der Waals surface area contributed by atoms with Crippen LogP contribution in [-0.2, 0) is 20.2 Å². The van der Waals surface area contributed by atoms with Crippen LogP contribution in [0.5, 0.6) is 0 Å². The predicted molar refractivity (Wildman–Crippen MR) is 107 cm³/mol. The molecule has 1 aliphatic rings. The van der Waals surface area contributed by atoms with Crippen molar-refractivity contribution in [2.45, 2.75) is 50.3 Å². The summed E-state index contributed by atoms with van der Waals surface area (Å²) in [6.45, 7) is 6.35. The highest BCUT2D eigenvalue weighted by atomic mass is 32.2. The maximum Gasteiger partial charge on any atom is 0.262 e. The highest BCUT2D eigenvalue weighted by Crippen LogP contribution is 2.48. The van der Waals surface area contributed by atoms with E-state index < -0.39 is 15.4 Å². The molecule has 1 aliphatic carbocycles. The van der Waals surface area contributed by atoms with Gasteiger partial charge in [-0.05, 0) is 68.0 Å². The molecule has 0 saturated heterocycles. The minimum absolute atomic E-state index is 0.0630. The van der Waals surface area contributed by atoms with Gasteiger partial charge in [-0.3, -0.25) is 9.52 Å². The van der Waals surface area contributed by atoms with E-state index in [4.69, 9.17) is 0 Å². The summed E-state index contributed by atoms with van der Waals surface area (Å²) in [5.74, 6) is 0.0630. The molecule has 0 radical (unpaired) electrons. The van der Waals surface area contributed by atoms with Crippen LogP contribution in [0.2, 0.25) is 0 Å². The van der Waals surface area contributed by atoms with Crippen LogP contribution in [0.15, 0.2) is 47.4 Å².